The Bertz CT molecular complexity index is 989. The van der Waals surface area contributed by atoms with Crippen LogP contribution in [-0.4, -0.2) is 37.6 Å². The SMILES string of the molecule is Cc1ccc(NC(=O)c2ccc([N+](=O)[O-])cc2F)cc1S(=O)(=O)N(C)C. The molecule has 0 aromatic heterocycles. The van der Waals surface area contributed by atoms with Crippen molar-refractivity contribution in [2.45, 2.75) is 11.8 Å². The fourth-order valence-electron chi connectivity index (χ4n) is 2.15. The lowest BCUT2D eigenvalue weighted by atomic mass is 10.1. The minimum Gasteiger partial charge on any atom is -0.322 e. The second-order valence-electron chi connectivity index (χ2n) is 5.64. The van der Waals surface area contributed by atoms with Gasteiger partial charge in [-0.15, -0.1) is 0 Å². The molecule has 1 amide bonds. The Kier molecular flexibility index (Phi) is 5.38. The minimum atomic E-state index is -3.72. The van der Waals surface area contributed by atoms with E-state index in [1.165, 1.54) is 32.3 Å². The molecule has 10 heteroatoms. The van der Waals surface area contributed by atoms with Crippen LogP contribution in [0.5, 0.6) is 0 Å². The fourth-order valence-corrected chi connectivity index (χ4v) is 3.30. The first-order chi connectivity index (χ1) is 12.0. The van der Waals surface area contributed by atoms with Gasteiger partial charge in [0.15, 0.2) is 0 Å². The van der Waals surface area contributed by atoms with Crippen molar-refractivity contribution in [3.8, 4) is 0 Å². The molecule has 0 saturated carbocycles. The summed E-state index contributed by atoms with van der Waals surface area (Å²) in [5, 5.41) is 13.0. The summed E-state index contributed by atoms with van der Waals surface area (Å²) in [5.41, 5.74) is -0.237. The summed E-state index contributed by atoms with van der Waals surface area (Å²) in [5.74, 6) is -1.90. The monoisotopic (exact) mass is 381 g/mol. The fraction of sp³-hybridized carbons (Fsp3) is 0.188. The van der Waals surface area contributed by atoms with Gasteiger partial charge in [-0.2, -0.15) is 0 Å². The molecule has 2 aromatic carbocycles. The summed E-state index contributed by atoms with van der Waals surface area (Å²) < 4.78 is 39.6. The Morgan fingerprint density at radius 3 is 2.38 bits per heavy atom. The van der Waals surface area contributed by atoms with Gasteiger partial charge in [0.1, 0.15) is 5.82 Å². The molecule has 0 aliphatic heterocycles. The molecule has 1 N–H and O–H groups in total. The van der Waals surface area contributed by atoms with Gasteiger partial charge < -0.3 is 5.32 Å². The summed E-state index contributed by atoms with van der Waals surface area (Å²) in [6.45, 7) is 1.61. The van der Waals surface area contributed by atoms with E-state index in [0.717, 1.165) is 16.4 Å². The molecular formula is C16H16FN3O5S. The number of hydrogen-bond donors (Lipinski definition) is 1. The number of nitrogens with one attached hydrogen (secondary N) is 1. The van der Waals surface area contributed by atoms with Crippen LogP contribution in [-0.2, 0) is 10.0 Å². The molecule has 2 aromatic rings. The normalized spacial score (nSPS) is 11.4. The number of carbonyl (C=O) groups excluding carboxylic acids is 1. The van der Waals surface area contributed by atoms with Gasteiger partial charge in [-0.05, 0) is 30.7 Å². The van der Waals surface area contributed by atoms with Crippen molar-refractivity contribution in [2.75, 3.05) is 19.4 Å². The Hall–Kier alpha value is -2.85. The molecule has 0 aliphatic carbocycles. The summed E-state index contributed by atoms with van der Waals surface area (Å²) >= 11 is 0. The number of nitro benzene ring substituents is 1. The van der Waals surface area contributed by atoms with Gasteiger partial charge in [0.05, 0.1) is 21.4 Å². The number of nitrogens with zero attached hydrogens (tertiary/aromatic N) is 2. The zero-order valence-corrected chi connectivity index (χ0v) is 15.0. The first-order valence-electron chi connectivity index (χ1n) is 7.32. The van der Waals surface area contributed by atoms with Gasteiger partial charge in [0.2, 0.25) is 10.0 Å². The van der Waals surface area contributed by atoms with Crippen molar-refractivity contribution in [1.29, 1.82) is 0 Å². The van der Waals surface area contributed by atoms with Crippen LogP contribution >= 0.6 is 0 Å². The van der Waals surface area contributed by atoms with Gasteiger partial charge in [-0.3, -0.25) is 14.9 Å². The average molecular weight is 381 g/mol. The van der Waals surface area contributed by atoms with E-state index in [4.69, 9.17) is 0 Å². The standard InChI is InChI=1S/C16H16FN3O5S/c1-10-4-5-11(8-15(10)26(24,25)19(2)3)18-16(21)13-7-6-12(20(22)23)9-14(13)17/h4-9H,1-3H3,(H,18,21). The van der Waals surface area contributed by atoms with E-state index in [1.807, 2.05) is 0 Å². The molecule has 0 aliphatic rings. The van der Waals surface area contributed by atoms with Gasteiger partial charge in [-0.1, -0.05) is 6.07 Å². The molecule has 0 bridgehead atoms. The summed E-state index contributed by atoms with van der Waals surface area (Å²) in [6, 6.07) is 6.91. The van der Waals surface area contributed by atoms with Crippen molar-refractivity contribution < 1.29 is 22.5 Å². The molecule has 26 heavy (non-hydrogen) atoms. The van der Waals surface area contributed by atoms with E-state index in [1.54, 1.807) is 6.92 Å². The topological polar surface area (TPSA) is 110 Å². The molecule has 0 atom stereocenters. The first kappa shape index (κ1) is 19.5. The minimum absolute atomic E-state index is 0.00414. The molecule has 8 nitrogen and oxygen atoms in total. The zero-order valence-electron chi connectivity index (χ0n) is 14.2. The molecule has 0 unspecified atom stereocenters. The van der Waals surface area contributed by atoms with E-state index in [2.05, 4.69) is 5.32 Å². The summed E-state index contributed by atoms with van der Waals surface area (Å²) in [6.07, 6.45) is 0. The number of nitro groups is 1. The Balaban J connectivity index is 2.35. The Morgan fingerprint density at radius 1 is 1.19 bits per heavy atom. The van der Waals surface area contributed by atoms with Crippen molar-refractivity contribution in [3.63, 3.8) is 0 Å². The predicted molar refractivity (Wildman–Crippen MR) is 93.1 cm³/mol. The first-order valence-corrected chi connectivity index (χ1v) is 8.76. The number of amides is 1. The third-order valence-corrected chi connectivity index (χ3v) is 5.57. The summed E-state index contributed by atoms with van der Waals surface area (Å²) in [7, 11) is -0.958. The van der Waals surface area contributed by atoms with E-state index in [9.17, 15) is 27.7 Å². The van der Waals surface area contributed by atoms with Gasteiger partial charge >= 0.3 is 0 Å². The number of rotatable bonds is 5. The second-order valence-corrected chi connectivity index (χ2v) is 7.76. The van der Waals surface area contributed by atoms with Crippen LogP contribution in [0.25, 0.3) is 0 Å². The molecule has 0 radical (unpaired) electrons. The van der Waals surface area contributed by atoms with Crippen LogP contribution in [0, 0.1) is 22.9 Å². The number of non-ortho nitro benzene ring substituents is 1. The number of carbonyl (C=O) groups is 1. The highest BCUT2D eigenvalue weighted by atomic mass is 32.2. The Morgan fingerprint density at radius 2 is 1.85 bits per heavy atom. The Labute approximate surface area is 149 Å². The quantitative estimate of drug-likeness (QED) is 0.632. The molecule has 0 heterocycles. The number of aryl methyl sites for hydroxylation is 1. The smallest absolute Gasteiger partial charge is 0.272 e. The van der Waals surface area contributed by atoms with Crippen molar-refractivity contribution in [3.05, 3.63) is 63.5 Å². The van der Waals surface area contributed by atoms with Crippen LogP contribution in [0.1, 0.15) is 15.9 Å². The van der Waals surface area contributed by atoms with E-state index in [0.29, 0.717) is 11.6 Å². The van der Waals surface area contributed by atoms with Crippen LogP contribution in [0.4, 0.5) is 15.8 Å². The van der Waals surface area contributed by atoms with Crippen LogP contribution in [0.2, 0.25) is 0 Å². The highest BCUT2D eigenvalue weighted by Gasteiger charge is 2.21. The van der Waals surface area contributed by atoms with Crippen molar-refractivity contribution >= 4 is 27.3 Å². The van der Waals surface area contributed by atoms with Crippen molar-refractivity contribution in [2.24, 2.45) is 0 Å². The highest BCUT2D eigenvalue weighted by molar-refractivity contribution is 7.89. The van der Waals surface area contributed by atoms with E-state index < -0.39 is 37.9 Å². The third-order valence-electron chi connectivity index (χ3n) is 3.61. The highest BCUT2D eigenvalue weighted by Crippen LogP contribution is 2.23. The van der Waals surface area contributed by atoms with Crippen LogP contribution < -0.4 is 5.32 Å². The maximum absolute atomic E-state index is 13.9. The van der Waals surface area contributed by atoms with Gasteiger partial charge in [0.25, 0.3) is 11.6 Å². The average Bonchev–Trinajstić information content (AvgIpc) is 2.55. The van der Waals surface area contributed by atoms with Gasteiger partial charge in [0, 0.05) is 25.8 Å². The van der Waals surface area contributed by atoms with Crippen LogP contribution in [0.15, 0.2) is 41.3 Å². The lowest BCUT2D eigenvalue weighted by Gasteiger charge is -2.15. The molecule has 0 spiro atoms. The van der Waals surface area contributed by atoms with E-state index >= 15 is 0 Å². The van der Waals surface area contributed by atoms with Crippen molar-refractivity contribution in [1.82, 2.24) is 4.31 Å². The number of anilines is 1. The maximum Gasteiger partial charge on any atom is 0.272 e. The summed E-state index contributed by atoms with van der Waals surface area (Å²) in [4.78, 5) is 22.1. The number of halogens is 1. The van der Waals surface area contributed by atoms with Crippen LogP contribution in [0.3, 0.4) is 0 Å². The molecule has 0 saturated heterocycles. The zero-order chi connectivity index (χ0) is 19.6. The second kappa shape index (κ2) is 7.18. The number of benzene rings is 2. The predicted octanol–water partition coefficient (Wildman–Crippen LogP) is 2.54. The van der Waals surface area contributed by atoms with Gasteiger partial charge in [-0.25, -0.2) is 17.1 Å². The molecule has 0 fully saturated rings. The number of sulfonamides is 1. The lowest BCUT2D eigenvalue weighted by molar-refractivity contribution is -0.385. The largest absolute Gasteiger partial charge is 0.322 e. The number of hydrogen-bond acceptors (Lipinski definition) is 5. The molecule has 2 rings (SSSR count). The third kappa shape index (κ3) is 3.86. The lowest BCUT2D eigenvalue weighted by Crippen LogP contribution is -2.23. The maximum atomic E-state index is 13.9. The molecule has 138 valence electrons. The molecular weight excluding hydrogens is 365 g/mol. The van der Waals surface area contributed by atoms with E-state index in [-0.39, 0.29) is 10.6 Å².